The van der Waals surface area contributed by atoms with Gasteiger partial charge in [-0.1, -0.05) is 127 Å². The van der Waals surface area contributed by atoms with Crippen LogP contribution in [0.3, 0.4) is 0 Å². The second kappa shape index (κ2) is 35.5. The van der Waals surface area contributed by atoms with Crippen LogP contribution in [0.5, 0.6) is 0 Å². The molecule has 0 aliphatic rings. The number of carboxylic acid groups (broad SMARTS) is 1. The Balaban J connectivity index is 4.00. The van der Waals surface area contributed by atoms with Crippen molar-refractivity contribution in [3.8, 4) is 0 Å². The molecule has 300 valence electrons. The first kappa shape index (κ1) is 49.4. The lowest BCUT2D eigenvalue weighted by atomic mass is 10.1. The van der Waals surface area contributed by atoms with Crippen molar-refractivity contribution in [2.24, 2.45) is 0 Å². The van der Waals surface area contributed by atoms with E-state index in [1.165, 1.54) is 25.7 Å². The predicted octanol–water partition coefficient (Wildman–Crippen LogP) is 9.44. The van der Waals surface area contributed by atoms with E-state index >= 15 is 0 Å². The van der Waals surface area contributed by atoms with E-state index < -0.39 is 57.6 Å². The van der Waals surface area contributed by atoms with Crippen molar-refractivity contribution in [3.63, 3.8) is 0 Å². The summed E-state index contributed by atoms with van der Waals surface area (Å²) in [6.45, 7) is 2.46. The molecule has 0 radical (unpaired) electrons. The Morgan fingerprint density at radius 2 is 1.06 bits per heavy atom. The van der Waals surface area contributed by atoms with Crippen LogP contribution in [0.15, 0.2) is 48.6 Å². The van der Waals surface area contributed by atoms with E-state index in [1.54, 1.807) is 0 Å². The Morgan fingerprint density at radius 3 is 1.56 bits per heavy atom. The van der Waals surface area contributed by atoms with E-state index in [1.807, 2.05) is 0 Å². The number of unbranched alkanes of at least 4 members (excludes halogenated alkanes) is 14. The molecule has 0 fully saturated rings. The highest BCUT2D eigenvalue weighted by Crippen LogP contribution is 2.43. The van der Waals surface area contributed by atoms with E-state index in [0.29, 0.717) is 12.8 Å². The van der Waals surface area contributed by atoms with Crippen molar-refractivity contribution < 1.29 is 47.8 Å². The molecule has 0 rings (SSSR count). The second-order valence-electron chi connectivity index (χ2n) is 13.1. The Hall–Kier alpha value is -2.56. The number of carboxylic acids is 1. The number of rotatable bonds is 36. The first-order valence-corrected chi connectivity index (χ1v) is 21.2. The Bertz CT molecular complexity index is 1070. The number of carbonyl (C=O) groups excluding carboxylic acids is 2. The molecule has 0 spiro atoms. The number of esters is 1. The molecule has 12 heteroatoms. The van der Waals surface area contributed by atoms with E-state index in [2.05, 4.69) is 67.8 Å². The van der Waals surface area contributed by atoms with Crippen molar-refractivity contribution in [2.45, 2.75) is 167 Å². The molecule has 1 amide bonds. The topological polar surface area (TPSA) is 169 Å². The summed E-state index contributed by atoms with van der Waals surface area (Å²) in [6, 6.07) is -1.56. The number of ether oxygens (including phenoxy) is 1. The van der Waals surface area contributed by atoms with Crippen LogP contribution in [0, 0.1) is 0 Å². The summed E-state index contributed by atoms with van der Waals surface area (Å²) in [5.41, 5.74) is 0. The fourth-order valence-corrected chi connectivity index (χ4v) is 5.71. The van der Waals surface area contributed by atoms with Gasteiger partial charge in [0.2, 0.25) is 5.91 Å². The number of allylic oxidation sites excluding steroid dienone is 8. The first-order chi connectivity index (χ1) is 25.1. The van der Waals surface area contributed by atoms with Crippen LogP contribution in [0.2, 0.25) is 0 Å². The van der Waals surface area contributed by atoms with E-state index in [4.69, 9.17) is 13.8 Å². The van der Waals surface area contributed by atoms with Crippen LogP contribution < -0.4 is 5.32 Å². The minimum Gasteiger partial charge on any atom is -0.480 e. The lowest BCUT2D eigenvalue weighted by Gasteiger charge is -2.18. The van der Waals surface area contributed by atoms with Gasteiger partial charge in [-0.15, -0.1) is 0 Å². The van der Waals surface area contributed by atoms with Gasteiger partial charge in [-0.05, 0) is 64.2 Å². The number of phosphoric ester groups is 1. The Morgan fingerprint density at radius 1 is 0.615 bits per heavy atom. The van der Waals surface area contributed by atoms with Crippen molar-refractivity contribution in [1.82, 2.24) is 5.32 Å². The van der Waals surface area contributed by atoms with Crippen molar-refractivity contribution in [2.75, 3.05) is 19.8 Å². The van der Waals surface area contributed by atoms with E-state index in [-0.39, 0.29) is 12.8 Å². The number of aliphatic hydroxyl groups is 1. The number of hydrogen-bond acceptors (Lipinski definition) is 8. The molecule has 0 aliphatic heterocycles. The monoisotopic (exact) mass is 755 g/mol. The fraction of sp³-hybridized carbons (Fsp3) is 0.725. The minimum atomic E-state index is -4.76. The average Bonchev–Trinajstić information content (AvgIpc) is 3.11. The highest BCUT2D eigenvalue weighted by molar-refractivity contribution is 7.47. The first-order valence-electron chi connectivity index (χ1n) is 19.7. The largest absolute Gasteiger partial charge is 0.480 e. The maximum absolute atomic E-state index is 12.3. The number of aliphatic hydroxyl groups excluding tert-OH is 1. The number of aliphatic carboxylic acids is 1. The summed E-state index contributed by atoms with van der Waals surface area (Å²) < 4.78 is 26.7. The molecule has 0 aliphatic carbocycles. The van der Waals surface area contributed by atoms with Gasteiger partial charge in [0.15, 0.2) is 6.04 Å². The maximum atomic E-state index is 12.3. The summed E-state index contributed by atoms with van der Waals surface area (Å²) in [5, 5.41) is 21.7. The molecule has 3 atom stereocenters. The zero-order valence-electron chi connectivity index (χ0n) is 32.1. The van der Waals surface area contributed by atoms with Gasteiger partial charge >= 0.3 is 19.8 Å². The average molecular weight is 756 g/mol. The van der Waals surface area contributed by atoms with Gasteiger partial charge in [0, 0.05) is 12.8 Å². The Kier molecular flexibility index (Phi) is 33.7. The van der Waals surface area contributed by atoms with Crippen molar-refractivity contribution >= 4 is 25.7 Å². The van der Waals surface area contributed by atoms with Crippen LogP contribution in [0.4, 0.5) is 0 Å². The van der Waals surface area contributed by atoms with Crippen LogP contribution >= 0.6 is 7.82 Å². The summed E-state index contributed by atoms with van der Waals surface area (Å²) in [4.78, 5) is 45.7. The minimum absolute atomic E-state index is 0.127. The lowest BCUT2D eigenvalue weighted by Crippen LogP contribution is -2.43. The van der Waals surface area contributed by atoms with Crippen molar-refractivity contribution in [1.29, 1.82) is 0 Å². The molecular formula is C40H70NO10P. The normalized spacial score (nSPS) is 14.4. The molecule has 0 saturated carbocycles. The van der Waals surface area contributed by atoms with Gasteiger partial charge in [0.1, 0.15) is 12.7 Å². The molecule has 52 heavy (non-hydrogen) atoms. The number of carbonyl (C=O) groups is 3. The zero-order chi connectivity index (χ0) is 38.5. The van der Waals surface area contributed by atoms with Crippen LogP contribution in [-0.4, -0.2) is 64.9 Å². The number of phosphoric acid groups is 1. The number of hydrogen-bond donors (Lipinski definition) is 4. The van der Waals surface area contributed by atoms with Crippen LogP contribution in [0.25, 0.3) is 0 Å². The molecule has 0 saturated heterocycles. The third kappa shape index (κ3) is 34.5. The van der Waals surface area contributed by atoms with Crippen molar-refractivity contribution in [3.05, 3.63) is 48.6 Å². The number of amides is 1. The van der Waals surface area contributed by atoms with Crippen LogP contribution in [-0.2, 0) is 32.7 Å². The van der Waals surface area contributed by atoms with E-state index in [9.17, 15) is 34.1 Å². The molecule has 4 N–H and O–H groups in total. The van der Waals surface area contributed by atoms with Gasteiger partial charge < -0.3 is 25.2 Å². The van der Waals surface area contributed by atoms with E-state index in [0.717, 1.165) is 89.9 Å². The smallest absolute Gasteiger partial charge is 0.472 e. The summed E-state index contributed by atoms with van der Waals surface area (Å²) in [7, 11) is -4.76. The van der Waals surface area contributed by atoms with Crippen LogP contribution in [0.1, 0.15) is 155 Å². The zero-order valence-corrected chi connectivity index (χ0v) is 33.0. The summed E-state index contributed by atoms with van der Waals surface area (Å²) >= 11 is 0. The highest BCUT2D eigenvalue weighted by atomic mass is 31.2. The Labute approximate surface area is 314 Å². The molecule has 11 nitrogen and oxygen atoms in total. The third-order valence-corrected chi connectivity index (χ3v) is 9.04. The summed E-state index contributed by atoms with van der Waals surface area (Å²) in [5.74, 6) is -2.41. The third-order valence-electron chi connectivity index (χ3n) is 8.09. The highest BCUT2D eigenvalue weighted by Gasteiger charge is 2.28. The van der Waals surface area contributed by atoms with Gasteiger partial charge in [-0.3, -0.25) is 18.6 Å². The standard InChI is InChI=1S/C40H70NO10P/c1-3-5-7-9-11-13-15-17-19-21-23-25-27-29-31-38(43)41-37(40(45)46)35-51-52(47,48)50-34-36(42)33-49-39(44)32-30-28-26-24-22-20-18-16-14-12-10-8-6-4-2/h9-12,15-18,36-37,42H,3-8,13-14,19-35H2,1-2H3,(H,41,43)(H,45,46)(H,47,48)/b11-9-,12-10-,17-15-,18-16-. The predicted molar refractivity (Wildman–Crippen MR) is 208 cm³/mol. The second-order valence-corrected chi connectivity index (χ2v) is 14.6. The quantitative estimate of drug-likeness (QED) is 0.0209. The molecule has 0 aromatic rings. The fourth-order valence-electron chi connectivity index (χ4n) is 4.93. The molecule has 0 aromatic heterocycles. The number of nitrogens with one attached hydrogen (secondary N) is 1. The molecule has 0 bridgehead atoms. The molecule has 0 heterocycles. The summed E-state index contributed by atoms with van der Waals surface area (Å²) in [6.07, 6.45) is 37.1. The van der Waals surface area contributed by atoms with Gasteiger partial charge in [-0.2, -0.15) is 0 Å². The molecule has 3 unspecified atom stereocenters. The SMILES string of the molecule is CCCC/C=C\C/C=C\CCCCCCCC(=O)NC(COP(=O)(O)OCC(O)COC(=O)CCCCCCC/C=C\C/C=C\CCCC)C(=O)O. The molecule has 0 aromatic carbocycles. The van der Waals surface area contributed by atoms with Gasteiger partial charge in [-0.25, -0.2) is 9.36 Å². The van der Waals surface area contributed by atoms with Gasteiger partial charge in [0.05, 0.1) is 13.2 Å². The maximum Gasteiger partial charge on any atom is 0.472 e. The lowest BCUT2D eigenvalue weighted by molar-refractivity contribution is -0.147. The molecular weight excluding hydrogens is 685 g/mol. The van der Waals surface area contributed by atoms with Gasteiger partial charge in [0.25, 0.3) is 0 Å².